The molecule has 1 aliphatic heterocycles. The Hall–Kier alpha value is -1.05. The van der Waals surface area contributed by atoms with Crippen molar-refractivity contribution in [2.45, 2.75) is 44.6 Å². The Balaban J connectivity index is 0.00000225. The number of benzene rings is 1. The third-order valence-electron chi connectivity index (χ3n) is 5.01. The molecule has 140 valence electrons. The number of nitrogens with one attached hydrogen (secondary N) is 2. The molecule has 1 saturated carbocycles. The predicted molar refractivity (Wildman–Crippen MR) is 114 cm³/mol. The fourth-order valence-electron chi connectivity index (χ4n) is 3.35. The molecule has 0 amide bonds. The van der Waals surface area contributed by atoms with E-state index in [0.29, 0.717) is 6.04 Å². The van der Waals surface area contributed by atoms with Crippen LogP contribution >= 0.6 is 24.0 Å². The van der Waals surface area contributed by atoms with Gasteiger partial charge in [0, 0.05) is 38.4 Å². The Morgan fingerprint density at radius 3 is 2.64 bits per heavy atom. The number of hydrogen-bond acceptors (Lipinski definition) is 2. The molecule has 1 aromatic rings. The van der Waals surface area contributed by atoms with Crippen molar-refractivity contribution < 1.29 is 4.39 Å². The van der Waals surface area contributed by atoms with Crippen molar-refractivity contribution in [3.05, 3.63) is 30.1 Å². The van der Waals surface area contributed by atoms with Crippen LogP contribution in [0.15, 0.2) is 29.3 Å². The summed E-state index contributed by atoms with van der Waals surface area (Å²) < 4.78 is 13.4. The van der Waals surface area contributed by atoms with Crippen LogP contribution in [0.5, 0.6) is 0 Å². The first kappa shape index (κ1) is 20.3. The van der Waals surface area contributed by atoms with Crippen molar-refractivity contribution in [2.24, 2.45) is 10.9 Å². The van der Waals surface area contributed by atoms with Gasteiger partial charge in [0.25, 0.3) is 0 Å². The van der Waals surface area contributed by atoms with Crippen LogP contribution in [0.3, 0.4) is 0 Å². The van der Waals surface area contributed by atoms with E-state index in [2.05, 4.69) is 20.5 Å². The molecular formula is C19H30FIN4. The Kier molecular flexibility index (Phi) is 8.26. The molecule has 0 aromatic heterocycles. The van der Waals surface area contributed by atoms with E-state index in [9.17, 15) is 4.39 Å². The fourth-order valence-corrected chi connectivity index (χ4v) is 3.35. The van der Waals surface area contributed by atoms with E-state index in [1.54, 1.807) is 12.1 Å². The van der Waals surface area contributed by atoms with Crippen LogP contribution in [0, 0.1) is 11.7 Å². The van der Waals surface area contributed by atoms with Gasteiger partial charge in [0.15, 0.2) is 5.96 Å². The zero-order valence-corrected chi connectivity index (χ0v) is 17.3. The van der Waals surface area contributed by atoms with Gasteiger partial charge in [0.1, 0.15) is 5.82 Å². The van der Waals surface area contributed by atoms with Crippen LogP contribution in [0.4, 0.5) is 10.1 Å². The minimum absolute atomic E-state index is 0. The molecule has 1 aliphatic carbocycles. The van der Waals surface area contributed by atoms with Gasteiger partial charge in [-0.1, -0.05) is 18.9 Å². The van der Waals surface area contributed by atoms with E-state index in [0.717, 1.165) is 50.0 Å². The van der Waals surface area contributed by atoms with Crippen molar-refractivity contribution in [1.82, 2.24) is 10.6 Å². The number of aliphatic imine (C=N–C) groups is 1. The average molecular weight is 460 g/mol. The van der Waals surface area contributed by atoms with Gasteiger partial charge in [-0.25, -0.2) is 4.39 Å². The van der Waals surface area contributed by atoms with Crippen molar-refractivity contribution in [2.75, 3.05) is 31.6 Å². The maximum atomic E-state index is 13.4. The number of anilines is 1. The van der Waals surface area contributed by atoms with Gasteiger partial charge < -0.3 is 15.5 Å². The van der Waals surface area contributed by atoms with Gasteiger partial charge in [-0.15, -0.1) is 24.0 Å². The second-order valence-electron chi connectivity index (χ2n) is 6.97. The lowest BCUT2D eigenvalue weighted by atomic mass is 10.0. The molecule has 0 bridgehead atoms. The molecule has 0 atom stereocenters. The van der Waals surface area contributed by atoms with Crippen LogP contribution in [-0.4, -0.2) is 38.7 Å². The van der Waals surface area contributed by atoms with E-state index in [1.807, 2.05) is 13.1 Å². The third-order valence-corrected chi connectivity index (χ3v) is 5.01. The van der Waals surface area contributed by atoms with Crippen LogP contribution < -0.4 is 15.5 Å². The second kappa shape index (κ2) is 10.2. The third kappa shape index (κ3) is 6.64. The summed E-state index contributed by atoms with van der Waals surface area (Å²) in [6.45, 7) is 2.89. The quantitative estimate of drug-likeness (QED) is 0.294. The standard InChI is InChI=1S/C19H29FN4.HI/c1-21-19(22-11-3-4-15-7-8-15)23-17-9-12-24(13-10-17)18-6-2-5-16(20)14-18;/h2,5-6,14-15,17H,3-4,7-13H2,1H3,(H2,21,22,23);1H. The van der Waals surface area contributed by atoms with Gasteiger partial charge in [-0.2, -0.15) is 0 Å². The van der Waals surface area contributed by atoms with Crippen LogP contribution in [0.25, 0.3) is 0 Å². The highest BCUT2D eigenvalue weighted by atomic mass is 127. The molecule has 2 N–H and O–H groups in total. The van der Waals surface area contributed by atoms with Gasteiger partial charge in [-0.3, -0.25) is 4.99 Å². The SMILES string of the molecule is CN=C(NCCCC1CC1)NC1CCN(c2cccc(F)c2)CC1.I. The maximum absolute atomic E-state index is 13.4. The summed E-state index contributed by atoms with van der Waals surface area (Å²) in [6.07, 6.45) is 7.51. The molecule has 0 radical (unpaired) electrons. The molecule has 2 fully saturated rings. The van der Waals surface area contributed by atoms with E-state index >= 15 is 0 Å². The summed E-state index contributed by atoms with van der Waals surface area (Å²) in [5.41, 5.74) is 0.982. The van der Waals surface area contributed by atoms with Crippen molar-refractivity contribution in [1.29, 1.82) is 0 Å². The molecule has 3 rings (SSSR count). The molecule has 0 spiro atoms. The van der Waals surface area contributed by atoms with Gasteiger partial charge >= 0.3 is 0 Å². The van der Waals surface area contributed by atoms with Gasteiger partial charge in [0.05, 0.1) is 0 Å². The Labute approximate surface area is 167 Å². The normalized spacial score (nSPS) is 18.6. The minimum atomic E-state index is -0.163. The molecule has 2 aliphatic rings. The lowest BCUT2D eigenvalue weighted by Gasteiger charge is -2.34. The van der Waals surface area contributed by atoms with Crippen molar-refractivity contribution in [3.8, 4) is 0 Å². The fraction of sp³-hybridized carbons (Fsp3) is 0.632. The Bertz CT molecular complexity index is 554. The van der Waals surface area contributed by atoms with Crippen LogP contribution in [-0.2, 0) is 0 Å². The Morgan fingerprint density at radius 1 is 1.24 bits per heavy atom. The summed E-state index contributed by atoms with van der Waals surface area (Å²) in [4.78, 5) is 6.59. The minimum Gasteiger partial charge on any atom is -0.371 e. The number of nitrogens with zero attached hydrogens (tertiary/aromatic N) is 2. The lowest BCUT2D eigenvalue weighted by Crippen LogP contribution is -2.48. The summed E-state index contributed by atoms with van der Waals surface area (Å²) >= 11 is 0. The molecule has 0 unspecified atom stereocenters. The van der Waals surface area contributed by atoms with Gasteiger partial charge in [0.2, 0.25) is 0 Å². The highest BCUT2D eigenvalue weighted by Crippen LogP contribution is 2.33. The zero-order chi connectivity index (χ0) is 16.8. The number of hydrogen-bond donors (Lipinski definition) is 2. The first-order chi connectivity index (χ1) is 11.7. The van der Waals surface area contributed by atoms with Gasteiger partial charge in [-0.05, 0) is 49.8 Å². The van der Waals surface area contributed by atoms with Crippen molar-refractivity contribution in [3.63, 3.8) is 0 Å². The highest BCUT2D eigenvalue weighted by molar-refractivity contribution is 14.0. The molecule has 1 aromatic carbocycles. The summed E-state index contributed by atoms with van der Waals surface area (Å²) in [7, 11) is 1.83. The molecule has 1 heterocycles. The zero-order valence-electron chi connectivity index (χ0n) is 15.0. The molecular weight excluding hydrogens is 430 g/mol. The van der Waals surface area contributed by atoms with E-state index < -0.39 is 0 Å². The average Bonchev–Trinajstić information content (AvgIpc) is 3.42. The second-order valence-corrected chi connectivity index (χ2v) is 6.97. The molecule has 6 heteroatoms. The predicted octanol–water partition coefficient (Wildman–Crippen LogP) is 3.77. The van der Waals surface area contributed by atoms with E-state index in [4.69, 9.17) is 0 Å². The molecule has 4 nitrogen and oxygen atoms in total. The largest absolute Gasteiger partial charge is 0.371 e. The first-order valence-corrected chi connectivity index (χ1v) is 9.22. The number of piperidine rings is 1. The van der Waals surface area contributed by atoms with E-state index in [1.165, 1.54) is 31.7 Å². The number of guanidine groups is 1. The van der Waals surface area contributed by atoms with Crippen LogP contribution in [0.1, 0.15) is 38.5 Å². The smallest absolute Gasteiger partial charge is 0.191 e. The Morgan fingerprint density at radius 2 is 2.00 bits per heavy atom. The summed E-state index contributed by atoms with van der Waals surface area (Å²) in [5, 5.41) is 6.96. The number of rotatable bonds is 6. The van der Waals surface area contributed by atoms with E-state index in [-0.39, 0.29) is 29.8 Å². The summed E-state index contributed by atoms with van der Waals surface area (Å²) in [6, 6.07) is 7.31. The number of halogens is 2. The highest BCUT2D eigenvalue weighted by Gasteiger charge is 2.21. The first-order valence-electron chi connectivity index (χ1n) is 9.22. The summed E-state index contributed by atoms with van der Waals surface area (Å²) in [5.74, 6) is 1.74. The topological polar surface area (TPSA) is 39.7 Å². The van der Waals surface area contributed by atoms with Crippen LogP contribution in [0.2, 0.25) is 0 Å². The molecule has 25 heavy (non-hydrogen) atoms. The maximum Gasteiger partial charge on any atom is 0.191 e. The van der Waals surface area contributed by atoms with Crippen molar-refractivity contribution >= 4 is 35.6 Å². The lowest BCUT2D eigenvalue weighted by molar-refractivity contribution is 0.460. The monoisotopic (exact) mass is 460 g/mol. The molecule has 1 saturated heterocycles.